The van der Waals surface area contributed by atoms with Gasteiger partial charge in [-0.25, -0.2) is 0 Å². The van der Waals surface area contributed by atoms with E-state index in [1.807, 2.05) is 31.2 Å². The summed E-state index contributed by atoms with van der Waals surface area (Å²) in [5, 5.41) is 23.7. The third-order valence-corrected chi connectivity index (χ3v) is 5.65. The Balaban J connectivity index is 1.61. The molecule has 1 amide bonds. The van der Waals surface area contributed by atoms with Gasteiger partial charge < -0.3 is 10.6 Å². The fourth-order valence-corrected chi connectivity index (χ4v) is 4.20. The molecular formula is C19H17N5OS2. The number of aryl methyl sites for hydroxylation is 1. The average Bonchev–Trinajstić information content (AvgIpc) is 3.09. The Morgan fingerprint density at radius 3 is 2.81 bits per heavy atom. The smallest absolute Gasteiger partial charge is 0.237 e. The molecule has 0 aliphatic carbocycles. The first-order valence-corrected chi connectivity index (χ1v) is 9.88. The summed E-state index contributed by atoms with van der Waals surface area (Å²) in [4.78, 5) is 12.4. The number of carbonyl (C=O) groups is 1. The van der Waals surface area contributed by atoms with E-state index in [4.69, 9.17) is 5.26 Å². The Morgan fingerprint density at radius 1 is 1.22 bits per heavy atom. The van der Waals surface area contributed by atoms with Crippen LogP contribution in [0.4, 0.5) is 16.5 Å². The molecule has 0 aliphatic heterocycles. The van der Waals surface area contributed by atoms with Gasteiger partial charge in [-0.2, -0.15) is 5.26 Å². The lowest BCUT2D eigenvalue weighted by Crippen LogP contribution is -2.22. The highest BCUT2D eigenvalue weighted by Crippen LogP contribution is 2.31. The normalized spacial score (nSPS) is 11.4. The van der Waals surface area contributed by atoms with Gasteiger partial charge >= 0.3 is 0 Å². The van der Waals surface area contributed by atoms with Crippen LogP contribution in [0.25, 0.3) is 0 Å². The molecule has 1 atom stereocenters. The Labute approximate surface area is 165 Å². The van der Waals surface area contributed by atoms with E-state index in [2.05, 4.69) is 26.9 Å². The topological polar surface area (TPSA) is 90.7 Å². The number of carbonyl (C=O) groups excluding carboxylic acids is 1. The van der Waals surface area contributed by atoms with E-state index < -0.39 is 0 Å². The SMILES string of the molecule is Cc1cccc(Nc2nnc(S[C@H](C)C(=O)Nc3ccccc3C#N)s2)c1. The van der Waals surface area contributed by atoms with Crippen molar-refractivity contribution in [3.63, 3.8) is 0 Å². The molecule has 0 bridgehead atoms. The summed E-state index contributed by atoms with van der Waals surface area (Å²) < 4.78 is 0.696. The van der Waals surface area contributed by atoms with Crippen molar-refractivity contribution in [1.29, 1.82) is 5.26 Å². The quantitative estimate of drug-likeness (QED) is 0.594. The number of nitriles is 1. The van der Waals surface area contributed by atoms with Gasteiger partial charge in [-0.3, -0.25) is 4.79 Å². The Morgan fingerprint density at radius 2 is 2.04 bits per heavy atom. The summed E-state index contributed by atoms with van der Waals surface area (Å²) in [5.74, 6) is -0.189. The number of hydrogen-bond acceptors (Lipinski definition) is 7. The van der Waals surface area contributed by atoms with Crippen LogP contribution in [-0.2, 0) is 4.79 Å². The average molecular weight is 396 g/mol. The molecule has 0 radical (unpaired) electrons. The lowest BCUT2D eigenvalue weighted by Gasteiger charge is -2.11. The summed E-state index contributed by atoms with van der Waals surface area (Å²) in [6, 6.07) is 17.0. The van der Waals surface area contributed by atoms with Gasteiger partial charge in [0.2, 0.25) is 11.0 Å². The van der Waals surface area contributed by atoms with Crippen molar-refractivity contribution in [1.82, 2.24) is 10.2 Å². The lowest BCUT2D eigenvalue weighted by atomic mass is 10.2. The van der Waals surface area contributed by atoms with E-state index >= 15 is 0 Å². The van der Waals surface area contributed by atoms with Crippen LogP contribution in [0.1, 0.15) is 18.1 Å². The molecule has 1 aromatic heterocycles. The summed E-state index contributed by atoms with van der Waals surface area (Å²) in [6.45, 7) is 3.82. The molecule has 3 rings (SSSR count). The Kier molecular flexibility index (Phi) is 6.06. The maximum absolute atomic E-state index is 12.4. The fourth-order valence-electron chi connectivity index (χ4n) is 2.28. The second-order valence-corrected chi connectivity index (χ2v) is 8.34. The molecule has 2 aromatic carbocycles. The van der Waals surface area contributed by atoms with Gasteiger partial charge in [-0.15, -0.1) is 10.2 Å². The van der Waals surface area contributed by atoms with Gasteiger partial charge in [-0.05, 0) is 43.7 Å². The monoisotopic (exact) mass is 395 g/mol. The number of nitrogens with one attached hydrogen (secondary N) is 2. The molecule has 0 saturated carbocycles. The maximum Gasteiger partial charge on any atom is 0.237 e. The zero-order valence-corrected chi connectivity index (χ0v) is 16.4. The number of rotatable bonds is 6. The molecule has 0 fully saturated rings. The number of amides is 1. The number of para-hydroxylation sites is 1. The van der Waals surface area contributed by atoms with Gasteiger partial charge in [-0.1, -0.05) is 47.4 Å². The molecule has 0 saturated heterocycles. The van der Waals surface area contributed by atoms with Crippen molar-refractivity contribution in [2.45, 2.75) is 23.4 Å². The summed E-state index contributed by atoms with van der Waals surface area (Å²) >= 11 is 2.72. The first-order chi connectivity index (χ1) is 13.0. The molecule has 2 N–H and O–H groups in total. The van der Waals surface area contributed by atoms with Gasteiger partial charge in [0.05, 0.1) is 16.5 Å². The van der Waals surface area contributed by atoms with E-state index in [1.165, 1.54) is 23.1 Å². The standard InChI is InChI=1S/C19H17N5OS2/c1-12-6-5-8-15(10-12)21-18-23-24-19(27-18)26-13(2)17(25)22-16-9-4-3-7-14(16)11-20/h3-10,13H,1-2H3,(H,21,23)(H,22,25)/t13-/m1/s1. The first-order valence-electron chi connectivity index (χ1n) is 8.19. The largest absolute Gasteiger partial charge is 0.330 e. The molecule has 0 unspecified atom stereocenters. The molecule has 1 heterocycles. The minimum absolute atomic E-state index is 0.189. The first kappa shape index (κ1) is 18.9. The molecule has 136 valence electrons. The number of thioether (sulfide) groups is 1. The van der Waals surface area contributed by atoms with Gasteiger partial charge in [0, 0.05) is 5.69 Å². The van der Waals surface area contributed by atoms with E-state index in [1.54, 1.807) is 31.2 Å². The number of benzene rings is 2. The molecule has 8 heteroatoms. The summed E-state index contributed by atoms with van der Waals surface area (Å²) in [6.07, 6.45) is 0. The maximum atomic E-state index is 12.4. The minimum atomic E-state index is -0.378. The third kappa shape index (κ3) is 5.06. The number of nitrogens with zero attached hydrogens (tertiary/aromatic N) is 3. The highest BCUT2D eigenvalue weighted by Gasteiger charge is 2.18. The molecular weight excluding hydrogens is 378 g/mol. The summed E-state index contributed by atoms with van der Waals surface area (Å²) in [7, 11) is 0. The van der Waals surface area contributed by atoms with E-state index in [0.717, 1.165) is 11.3 Å². The van der Waals surface area contributed by atoms with Crippen molar-refractivity contribution < 1.29 is 4.79 Å². The van der Waals surface area contributed by atoms with Crippen LogP contribution in [0, 0.1) is 18.3 Å². The zero-order chi connectivity index (χ0) is 19.2. The van der Waals surface area contributed by atoms with E-state index in [-0.39, 0.29) is 11.2 Å². The van der Waals surface area contributed by atoms with Crippen molar-refractivity contribution in [3.8, 4) is 6.07 Å². The van der Waals surface area contributed by atoms with Gasteiger partial charge in [0.25, 0.3) is 0 Å². The second kappa shape index (κ2) is 8.66. The van der Waals surface area contributed by atoms with Crippen molar-refractivity contribution >= 4 is 45.5 Å². The van der Waals surface area contributed by atoms with Crippen molar-refractivity contribution in [2.75, 3.05) is 10.6 Å². The van der Waals surface area contributed by atoms with Crippen molar-refractivity contribution in [2.24, 2.45) is 0 Å². The highest BCUT2D eigenvalue weighted by atomic mass is 32.2. The van der Waals surface area contributed by atoms with Crippen molar-refractivity contribution in [3.05, 3.63) is 59.7 Å². The van der Waals surface area contributed by atoms with Crippen LogP contribution >= 0.6 is 23.1 Å². The van der Waals surface area contributed by atoms with Crippen LogP contribution in [0.3, 0.4) is 0 Å². The predicted octanol–water partition coefficient (Wildman–Crippen LogP) is 4.58. The third-order valence-electron chi connectivity index (χ3n) is 3.63. The Bertz CT molecular complexity index is 996. The fraction of sp³-hybridized carbons (Fsp3) is 0.158. The Hall–Kier alpha value is -2.89. The molecule has 27 heavy (non-hydrogen) atoms. The zero-order valence-electron chi connectivity index (χ0n) is 14.8. The predicted molar refractivity (Wildman–Crippen MR) is 109 cm³/mol. The molecule has 0 aliphatic rings. The van der Waals surface area contributed by atoms with E-state index in [9.17, 15) is 4.79 Å². The number of aromatic nitrogens is 2. The van der Waals surface area contributed by atoms with Crippen LogP contribution < -0.4 is 10.6 Å². The highest BCUT2D eigenvalue weighted by molar-refractivity contribution is 8.02. The second-order valence-electron chi connectivity index (χ2n) is 5.77. The molecule has 0 spiro atoms. The van der Waals surface area contributed by atoms with Crippen LogP contribution in [-0.4, -0.2) is 21.4 Å². The molecule has 6 nitrogen and oxygen atoms in total. The minimum Gasteiger partial charge on any atom is -0.330 e. The van der Waals surface area contributed by atoms with E-state index in [0.29, 0.717) is 20.7 Å². The lowest BCUT2D eigenvalue weighted by molar-refractivity contribution is -0.115. The van der Waals surface area contributed by atoms with Gasteiger partial charge in [0.1, 0.15) is 6.07 Å². The molecule has 3 aromatic rings. The number of hydrogen-bond donors (Lipinski definition) is 2. The van der Waals surface area contributed by atoms with Crippen LogP contribution in [0.15, 0.2) is 52.9 Å². The van der Waals surface area contributed by atoms with Crippen LogP contribution in [0.5, 0.6) is 0 Å². The number of anilines is 3. The van der Waals surface area contributed by atoms with Gasteiger partial charge in [0.15, 0.2) is 4.34 Å². The summed E-state index contributed by atoms with van der Waals surface area (Å²) in [5.41, 5.74) is 3.05. The van der Waals surface area contributed by atoms with Crippen LogP contribution in [0.2, 0.25) is 0 Å².